The minimum Gasteiger partial charge on any atom is -0.321 e. The van der Waals surface area contributed by atoms with Crippen molar-refractivity contribution in [3.05, 3.63) is 23.9 Å². The third-order valence-electron chi connectivity index (χ3n) is 3.07. The van der Waals surface area contributed by atoms with Crippen LogP contribution in [0.3, 0.4) is 0 Å². The highest BCUT2D eigenvalue weighted by atomic mass is 32.2. The van der Waals surface area contributed by atoms with Gasteiger partial charge in [-0.1, -0.05) is 17.8 Å². The van der Waals surface area contributed by atoms with Crippen molar-refractivity contribution in [3.63, 3.8) is 0 Å². The summed E-state index contributed by atoms with van der Waals surface area (Å²) in [5, 5.41) is 8.27. The fourth-order valence-electron chi connectivity index (χ4n) is 2.24. The lowest BCUT2D eigenvalue weighted by molar-refractivity contribution is -0.116. The van der Waals surface area contributed by atoms with E-state index in [-0.39, 0.29) is 5.78 Å². The number of thioether (sulfide) groups is 1. The Hall–Kier alpha value is -1.56. The van der Waals surface area contributed by atoms with E-state index in [9.17, 15) is 4.79 Å². The molecule has 2 heterocycles. The van der Waals surface area contributed by atoms with E-state index in [1.807, 2.05) is 10.8 Å². The zero-order chi connectivity index (χ0) is 12.5. The number of allylic oxidation sites excluding steroid dienone is 2. The van der Waals surface area contributed by atoms with E-state index < -0.39 is 0 Å². The van der Waals surface area contributed by atoms with Crippen LogP contribution in [-0.2, 0) is 11.3 Å². The van der Waals surface area contributed by atoms with Gasteiger partial charge in [0.05, 0.1) is 12.2 Å². The van der Waals surface area contributed by atoms with Gasteiger partial charge in [-0.25, -0.2) is 4.68 Å². The monoisotopic (exact) mass is 262 g/mol. The lowest BCUT2D eigenvalue weighted by atomic mass is 9.94. The number of rotatable bonds is 3. The van der Waals surface area contributed by atoms with E-state index in [1.54, 1.807) is 11.8 Å². The van der Waals surface area contributed by atoms with Gasteiger partial charge < -0.3 is 5.32 Å². The fourth-order valence-corrected chi connectivity index (χ4v) is 2.81. The maximum absolute atomic E-state index is 11.8. The van der Waals surface area contributed by atoms with E-state index in [0.717, 1.165) is 35.0 Å². The van der Waals surface area contributed by atoms with Crippen LogP contribution in [0.2, 0.25) is 0 Å². The molecule has 1 N–H and O–H groups in total. The number of hydrogen-bond donors (Lipinski definition) is 1. The normalized spacial score (nSPS) is 18.1. The number of carbonyl (C=O) groups excluding carboxylic acids is 1. The second kappa shape index (κ2) is 4.61. The predicted molar refractivity (Wildman–Crippen MR) is 70.4 cm³/mol. The molecule has 1 aliphatic heterocycles. The van der Waals surface area contributed by atoms with Crippen LogP contribution in [0.5, 0.6) is 0 Å². The Balaban J connectivity index is 1.85. The largest absolute Gasteiger partial charge is 0.321 e. The first kappa shape index (κ1) is 11.5. The number of Topliss-reactive ketones (excluding diaryl/α,β-unsaturated/α-hetero) is 1. The second-order valence-corrected chi connectivity index (χ2v) is 5.34. The Labute approximate surface area is 109 Å². The first-order chi connectivity index (χ1) is 8.78. The smallest absolute Gasteiger partial charge is 0.227 e. The van der Waals surface area contributed by atoms with E-state index in [1.165, 1.54) is 0 Å². The molecule has 0 radical (unpaired) electrons. The van der Waals surface area contributed by atoms with Gasteiger partial charge in [0.1, 0.15) is 0 Å². The molecular formula is C12H14N4OS. The minimum absolute atomic E-state index is 0.200. The quantitative estimate of drug-likeness (QED) is 0.667. The van der Waals surface area contributed by atoms with E-state index >= 15 is 0 Å². The summed E-state index contributed by atoms with van der Waals surface area (Å²) in [5.74, 6) is 1.66. The van der Waals surface area contributed by atoms with Gasteiger partial charge in [-0.3, -0.25) is 4.79 Å². The predicted octanol–water partition coefficient (Wildman–Crippen LogP) is 1.99. The average molecular weight is 262 g/mol. The van der Waals surface area contributed by atoms with E-state index in [4.69, 9.17) is 0 Å². The summed E-state index contributed by atoms with van der Waals surface area (Å²) in [7, 11) is 0. The first-order valence-corrected chi connectivity index (χ1v) is 6.97. The number of aromatic nitrogens is 3. The molecule has 3 rings (SSSR count). The molecule has 1 aromatic rings. The summed E-state index contributed by atoms with van der Waals surface area (Å²) in [4.78, 5) is 16.2. The molecule has 0 aromatic carbocycles. The summed E-state index contributed by atoms with van der Waals surface area (Å²) in [5.41, 5.74) is 1.91. The molecule has 0 unspecified atom stereocenters. The van der Waals surface area contributed by atoms with Crippen LogP contribution < -0.4 is 5.32 Å². The number of ketones is 1. The van der Waals surface area contributed by atoms with E-state index in [0.29, 0.717) is 18.9 Å². The van der Waals surface area contributed by atoms with Gasteiger partial charge in [-0.2, -0.15) is 4.98 Å². The van der Waals surface area contributed by atoms with Crippen molar-refractivity contribution < 1.29 is 4.79 Å². The van der Waals surface area contributed by atoms with Crippen molar-refractivity contribution in [1.29, 1.82) is 0 Å². The summed E-state index contributed by atoms with van der Waals surface area (Å²) >= 11 is 1.54. The molecule has 0 saturated heterocycles. The van der Waals surface area contributed by atoms with Gasteiger partial charge in [0.2, 0.25) is 11.1 Å². The molecule has 5 nitrogen and oxygen atoms in total. The van der Waals surface area contributed by atoms with Crippen molar-refractivity contribution in [1.82, 2.24) is 14.8 Å². The summed E-state index contributed by atoms with van der Waals surface area (Å²) in [6.45, 7) is 4.36. The van der Waals surface area contributed by atoms with Gasteiger partial charge in [-0.05, 0) is 18.4 Å². The van der Waals surface area contributed by atoms with Crippen LogP contribution in [0.25, 0.3) is 0 Å². The highest BCUT2D eigenvalue weighted by Crippen LogP contribution is 2.30. The molecule has 0 saturated carbocycles. The molecular weight excluding hydrogens is 248 g/mol. The molecule has 0 spiro atoms. The van der Waals surface area contributed by atoms with Crippen molar-refractivity contribution in [2.24, 2.45) is 0 Å². The maximum Gasteiger partial charge on any atom is 0.227 e. The number of nitrogens with one attached hydrogen (secondary N) is 1. The SMILES string of the molecule is C=CCSc1nc2n(n1)CC1=C(N2)C(=O)CCC1. The molecule has 1 aliphatic carbocycles. The molecule has 94 valence electrons. The minimum atomic E-state index is 0.200. The lowest BCUT2D eigenvalue weighted by Gasteiger charge is -2.24. The summed E-state index contributed by atoms with van der Waals surface area (Å²) < 4.78 is 1.84. The van der Waals surface area contributed by atoms with Gasteiger partial charge in [0.25, 0.3) is 0 Å². The fraction of sp³-hybridized carbons (Fsp3) is 0.417. The van der Waals surface area contributed by atoms with Gasteiger partial charge in [-0.15, -0.1) is 11.7 Å². The number of fused-ring (bicyclic) bond motifs is 1. The van der Waals surface area contributed by atoms with Crippen LogP contribution in [0, 0.1) is 0 Å². The number of nitrogens with zero attached hydrogens (tertiary/aromatic N) is 3. The van der Waals surface area contributed by atoms with Crippen molar-refractivity contribution in [2.75, 3.05) is 11.1 Å². The first-order valence-electron chi connectivity index (χ1n) is 5.98. The number of hydrogen-bond acceptors (Lipinski definition) is 5. The van der Waals surface area contributed by atoms with Crippen LogP contribution in [0.4, 0.5) is 5.95 Å². The standard InChI is InChI=1S/C12H14N4OS/c1-2-6-18-12-14-11-13-10-8(7-16(11)15-12)4-3-5-9(10)17/h2H,1,3-7H2,(H,13,14,15). The Bertz CT molecular complexity index is 546. The number of carbonyl (C=O) groups is 1. The second-order valence-electron chi connectivity index (χ2n) is 4.36. The molecule has 6 heteroatoms. The average Bonchev–Trinajstić information content (AvgIpc) is 2.76. The summed E-state index contributed by atoms with van der Waals surface area (Å²) in [6, 6.07) is 0. The molecule has 0 bridgehead atoms. The Morgan fingerprint density at radius 2 is 2.39 bits per heavy atom. The van der Waals surface area contributed by atoms with Crippen LogP contribution >= 0.6 is 11.8 Å². The Morgan fingerprint density at radius 1 is 1.50 bits per heavy atom. The van der Waals surface area contributed by atoms with Gasteiger partial charge in [0, 0.05) is 12.2 Å². The van der Waals surface area contributed by atoms with Crippen molar-refractivity contribution in [3.8, 4) is 0 Å². The highest BCUT2D eigenvalue weighted by molar-refractivity contribution is 7.99. The Kier molecular flexibility index (Phi) is 2.95. The number of anilines is 1. The molecule has 0 fully saturated rings. The van der Waals surface area contributed by atoms with Gasteiger partial charge >= 0.3 is 0 Å². The highest BCUT2D eigenvalue weighted by Gasteiger charge is 2.27. The molecule has 0 amide bonds. The molecule has 18 heavy (non-hydrogen) atoms. The van der Waals surface area contributed by atoms with Crippen LogP contribution in [0.1, 0.15) is 19.3 Å². The van der Waals surface area contributed by atoms with Crippen LogP contribution in [0.15, 0.2) is 29.1 Å². The zero-order valence-electron chi connectivity index (χ0n) is 9.98. The van der Waals surface area contributed by atoms with Gasteiger partial charge in [0.15, 0.2) is 5.78 Å². The molecule has 1 aromatic heterocycles. The third-order valence-corrected chi connectivity index (χ3v) is 3.91. The zero-order valence-corrected chi connectivity index (χ0v) is 10.8. The topological polar surface area (TPSA) is 59.8 Å². The van der Waals surface area contributed by atoms with Crippen molar-refractivity contribution in [2.45, 2.75) is 31.0 Å². The van der Waals surface area contributed by atoms with Crippen LogP contribution in [-0.4, -0.2) is 26.3 Å². The Morgan fingerprint density at radius 3 is 3.22 bits per heavy atom. The van der Waals surface area contributed by atoms with E-state index in [2.05, 4.69) is 22.0 Å². The van der Waals surface area contributed by atoms with Crippen molar-refractivity contribution >= 4 is 23.5 Å². The third kappa shape index (κ3) is 1.96. The summed E-state index contributed by atoms with van der Waals surface area (Å²) in [6.07, 6.45) is 4.38. The maximum atomic E-state index is 11.8. The molecule has 0 atom stereocenters. The molecule has 2 aliphatic rings. The lowest BCUT2D eigenvalue weighted by Crippen LogP contribution is -2.26.